The van der Waals surface area contributed by atoms with Crippen molar-refractivity contribution >= 4 is 15.9 Å². The highest BCUT2D eigenvalue weighted by Crippen LogP contribution is 2.40. The minimum absolute atomic E-state index is 0.131. The van der Waals surface area contributed by atoms with Gasteiger partial charge in [-0.25, -0.2) is 4.39 Å². The fourth-order valence-corrected chi connectivity index (χ4v) is 2.79. The molecule has 1 unspecified atom stereocenters. The Balaban J connectivity index is 1.96. The zero-order chi connectivity index (χ0) is 14.3. The van der Waals surface area contributed by atoms with Gasteiger partial charge in [0.25, 0.3) is 0 Å². The second kappa shape index (κ2) is 5.19. The highest BCUT2D eigenvalue weighted by molar-refractivity contribution is 9.10. The van der Waals surface area contributed by atoms with Crippen LogP contribution in [0.15, 0.2) is 40.9 Å². The van der Waals surface area contributed by atoms with Gasteiger partial charge < -0.3 is 10.5 Å². The van der Waals surface area contributed by atoms with Gasteiger partial charge in [-0.05, 0) is 30.2 Å². The standard InChI is InChI=1S/C16H15BrFNO/c1-9-6-10(2-5-13(9)17)15-8-14(19)12-4-3-11(18)7-16(12)20-15/h2-7,14-15H,8,19H2,1H3/t14-,15?/m0/s1. The van der Waals surface area contributed by atoms with Crippen molar-refractivity contribution in [2.24, 2.45) is 5.73 Å². The van der Waals surface area contributed by atoms with E-state index in [1.807, 2.05) is 19.1 Å². The van der Waals surface area contributed by atoms with Crippen molar-refractivity contribution in [1.29, 1.82) is 0 Å². The fraction of sp³-hybridized carbons (Fsp3) is 0.250. The van der Waals surface area contributed by atoms with Crippen molar-refractivity contribution < 1.29 is 9.13 Å². The quantitative estimate of drug-likeness (QED) is 0.837. The van der Waals surface area contributed by atoms with Crippen LogP contribution in [0.2, 0.25) is 0 Å². The van der Waals surface area contributed by atoms with Crippen molar-refractivity contribution in [3.05, 3.63) is 63.4 Å². The molecule has 0 bridgehead atoms. The summed E-state index contributed by atoms with van der Waals surface area (Å²) in [5, 5.41) is 0. The second-order valence-electron chi connectivity index (χ2n) is 5.14. The number of nitrogens with two attached hydrogens (primary N) is 1. The lowest BCUT2D eigenvalue weighted by Gasteiger charge is -2.30. The topological polar surface area (TPSA) is 35.2 Å². The molecule has 1 heterocycles. The third-order valence-corrected chi connectivity index (χ3v) is 4.56. The average Bonchev–Trinajstić information content (AvgIpc) is 2.41. The Morgan fingerprint density at radius 2 is 2.05 bits per heavy atom. The number of rotatable bonds is 1. The number of fused-ring (bicyclic) bond motifs is 1. The Morgan fingerprint density at radius 3 is 2.80 bits per heavy atom. The van der Waals surface area contributed by atoms with E-state index in [1.54, 1.807) is 6.07 Å². The van der Waals surface area contributed by atoms with Gasteiger partial charge in [-0.3, -0.25) is 0 Å². The molecule has 0 fully saturated rings. The molecule has 104 valence electrons. The van der Waals surface area contributed by atoms with Crippen molar-refractivity contribution in [1.82, 2.24) is 0 Å². The van der Waals surface area contributed by atoms with Crippen molar-refractivity contribution in [3.8, 4) is 5.75 Å². The normalized spacial score (nSPS) is 21.2. The summed E-state index contributed by atoms with van der Waals surface area (Å²) >= 11 is 3.49. The Morgan fingerprint density at radius 1 is 1.25 bits per heavy atom. The van der Waals surface area contributed by atoms with E-state index in [1.165, 1.54) is 12.1 Å². The summed E-state index contributed by atoms with van der Waals surface area (Å²) in [5.41, 5.74) is 9.26. The first-order valence-electron chi connectivity index (χ1n) is 6.52. The Hall–Kier alpha value is -1.39. The fourth-order valence-electron chi connectivity index (χ4n) is 2.55. The van der Waals surface area contributed by atoms with Crippen LogP contribution < -0.4 is 10.5 Å². The molecule has 0 spiro atoms. The summed E-state index contributed by atoms with van der Waals surface area (Å²) in [5.74, 6) is 0.248. The molecule has 0 aromatic heterocycles. The van der Waals surface area contributed by atoms with E-state index >= 15 is 0 Å². The molecule has 2 N–H and O–H groups in total. The van der Waals surface area contributed by atoms with Crippen molar-refractivity contribution in [2.45, 2.75) is 25.5 Å². The summed E-state index contributed by atoms with van der Waals surface area (Å²) in [6.45, 7) is 2.03. The van der Waals surface area contributed by atoms with Crippen molar-refractivity contribution in [3.63, 3.8) is 0 Å². The highest BCUT2D eigenvalue weighted by atomic mass is 79.9. The molecule has 2 nitrogen and oxygen atoms in total. The monoisotopic (exact) mass is 335 g/mol. The van der Waals surface area contributed by atoms with Gasteiger partial charge in [0.05, 0.1) is 0 Å². The molecule has 20 heavy (non-hydrogen) atoms. The van der Waals surface area contributed by atoms with Crippen LogP contribution in [0.4, 0.5) is 4.39 Å². The van der Waals surface area contributed by atoms with Crippen LogP contribution in [0.3, 0.4) is 0 Å². The van der Waals surface area contributed by atoms with Crippen LogP contribution in [-0.4, -0.2) is 0 Å². The molecule has 0 amide bonds. The molecule has 0 saturated carbocycles. The number of hydrogen-bond acceptors (Lipinski definition) is 2. The summed E-state index contributed by atoms with van der Waals surface area (Å²) in [4.78, 5) is 0. The maximum atomic E-state index is 13.3. The Labute approximate surface area is 125 Å². The van der Waals surface area contributed by atoms with Crippen LogP contribution in [0.5, 0.6) is 5.75 Å². The van der Waals surface area contributed by atoms with Gasteiger partial charge in [0, 0.05) is 28.6 Å². The minimum atomic E-state index is -0.302. The first kappa shape index (κ1) is 13.6. The zero-order valence-corrected chi connectivity index (χ0v) is 12.7. The molecule has 0 saturated heterocycles. The Kier molecular flexibility index (Phi) is 3.52. The maximum Gasteiger partial charge on any atom is 0.127 e. The Bertz CT molecular complexity index is 659. The van der Waals surface area contributed by atoms with E-state index in [-0.39, 0.29) is 18.0 Å². The SMILES string of the molecule is Cc1cc(C2C[C@H](N)c3ccc(F)cc3O2)ccc1Br. The predicted molar refractivity (Wildman–Crippen MR) is 80.2 cm³/mol. The zero-order valence-electron chi connectivity index (χ0n) is 11.1. The lowest BCUT2D eigenvalue weighted by Crippen LogP contribution is -2.24. The smallest absolute Gasteiger partial charge is 0.127 e. The van der Waals surface area contributed by atoms with Gasteiger partial charge >= 0.3 is 0 Å². The number of halogens is 2. The van der Waals surface area contributed by atoms with Crippen LogP contribution >= 0.6 is 15.9 Å². The molecule has 1 aliphatic rings. The second-order valence-corrected chi connectivity index (χ2v) is 5.99. The summed E-state index contributed by atoms with van der Waals surface area (Å²) < 4.78 is 20.3. The molecular weight excluding hydrogens is 321 g/mol. The maximum absolute atomic E-state index is 13.3. The number of aryl methyl sites for hydroxylation is 1. The molecule has 3 rings (SSSR count). The largest absolute Gasteiger partial charge is 0.485 e. The minimum Gasteiger partial charge on any atom is -0.485 e. The van der Waals surface area contributed by atoms with Gasteiger partial charge in [0.15, 0.2) is 0 Å². The van der Waals surface area contributed by atoms with Gasteiger partial charge in [-0.1, -0.05) is 34.1 Å². The highest BCUT2D eigenvalue weighted by Gasteiger charge is 2.27. The third-order valence-electron chi connectivity index (χ3n) is 3.67. The van der Waals surface area contributed by atoms with E-state index in [0.717, 1.165) is 21.2 Å². The van der Waals surface area contributed by atoms with E-state index in [2.05, 4.69) is 22.0 Å². The van der Waals surface area contributed by atoms with Crippen LogP contribution in [0, 0.1) is 12.7 Å². The predicted octanol–water partition coefficient (Wildman–Crippen LogP) is 4.42. The molecular formula is C16H15BrFNO. The first-order chi connectivity index (χ1) is 9.54. The van der Waals surface area contributed by atoms with Gasteiger partial charge in [-0.2, -0.15) is 0 Å². The van der Waals surface area contributed by atoms with Crippen LogP contribution in [0.1, 0.15) is 35.3 Å². The number of hydrogen-bond donors (Lipinski definition) is 1. The van der Waals surface area contributed by atoms with E-state index in [0.29, 0.717) is 12.2 Å². The molecule has 0 aliphatic carbocycles. The number of benzene rings is 2. The lowest BCUT2D eigenvalue weighted by atomic mass is 9.93. The van der Waals surface area contributed by atoms with Gasteiger partial charge in [0.1, 0.15) is 17.7 Å². The van der Waals surface area contributed by atoms with E-state index in [4.69, 9.17) is 10.5 Å². The van der Waals surface area contributed by atoms with E-state index in [9.17, 15) is 4.39 Å². The molecule has 2 aromatic rings. The molecule has 2 atom stereocenters. The van der Waals surface area contributed by atoms with Gasteiger partial charge in [-0.15, -0.1) is 0 Å². The average molecular weight is 336 g/mol. The summed E-state index contributed by atoms with van der Waals surface area (Å²) in [6, 6.07) is 10.5. The van der Waals surface area contributed by atoms with Gasteiger partial charge in [0.2, 0.25) is 0 Å². The molecule has 2 aromatic carbocycles. The third kappa shape index (κ3) is 2.45. The van der Waals surface area contributed by atoms with Crippen LogP contribution in [0.25, 0.3) is 0 Å². The lowest BCUT2D eigenvalue weighted by molar-refractivity contribution is 0.160. The molecule has 4 heteroatoms. The molecule has 0 radical (unpaired) electrons. The first-order valence-corrected chi connectivity index (χ1v) is 7.31. The van der Waals surface area contributed by atoms with Crippen molar-refractivity contribution in [2.75, 3.05) is 0 Å². The molecule has 1 aliphatic heterocycles. The van der Waals surface area contributed by atoms with E-state index < -0.39 is 0 Å². The summed E-state index contributed by atoms with van der Waals surface area (Å²) in [6.07, 6.45) is 0.561. The number of ether oxygens (including phenoxy) is 1. The summed E-state index contributed by atoms with van der Waals surface area (Å²) in [7, 11) is 0. The van der Waals surface area contributed by atoms with Crippen LogP contribution in [-0.2, 0) is 0 Å².